The Bertz CT molecular complexity index is 168. The van der Waals surface area contributed by atoms with Crippen molar-refractivity contribution in [3.63, 3.8) is 0 Å². The summed E-state index contributed by atoms with van der Waals surface area (Å²) in [6, 6.07) is 1.54. The van der Waals surface area contributed by atoms with Gasteiger partial charge < -0.3 is 0 Å². The van der Waals surface area contributed by atoms with Gasteiger partial charge in [0.05, 0.1) is 0 Å². The molecule has 1 aliphatic rings. The molecule has 0 fully saturated rings. The third-order valence-electron chi connectivity index (χ3n) is 2.45. The summed E-state index contributed by atoms with van der Waals surface area (Å²) in [6.45, 7) is 2.28. The third kappa shape index (κ3) is 3.91. The van der Waals surface area contributed by atoms with Crippen LogP contribution in [0.4, 0.5) is 0 Å². The SMILES string of the molecule is CCCCCC[SiH2]C1=CC=CC1. The quantitative estimate of drug-likeness (QED) is 0.435. The molecule has 0 aliphatic heterocycles. The van der Waals surface area contributed by atoms with Crippen LogP contribution in [0.1, 0.15) is 39.0 Å². The van der Waals surface area contributed by atoms with Crippen molar-refractivity contribution in [1.29, 1.82) is 0 Å². The van der Waals surface area contributed by atoms with E-state index in [4.69, 9.17) is 0 Å². The fraction of sp³-hybridized carbons (Fsp3) is 0.636. The van der Waals surface area contributed by atoms with Gasteiger partial charge in [-0.05, 0) is 6.42 Å². The Kier molecular flexibility index (Phi) is 5.09. The van der Waals surface area contributed by atoms with Crippen molar-refractivity contribution in [3.05, 3.63) is 23.4 Å². The Balaban J connectivity index is 1.89. The van der Waals surface area contributed by atoms with Crippen molar-refractivity contribution >= 4 is 9.52 Å². The van der Waals surface area contributed by atoms with E-state index in [1.807, 2.05) is 0 Å². The lowest BCUT2D eigenvalue weighted by atomic mass is 10.2. The first kappa shape index (κ1) is 9.78. The highest BCUT2D eigenvalue weighted by Crippen LogP contribution is 2.12. The van der Waals surface area contributed by atoms with Crippen LogP contribution in [-0.4, -0.2) is 9.52 Å². The number of hydrogen-bond acceptors (Lipinski definition) is 0. The summed E-state index contributed by atoms with van der Waals surface area (Å²) in [5.74, 6) is 0. The topological polar surface area (TPSA) is 0 Å². The molecule has 68 valence electrons. The van der Waals surface area contributed by atoms with Crippen LogP contribution in [0.15, 0.2) is 23.4 Å². The van der Waals surface area contributed by atoms with Gasteiger partial charge in [-0.15, -0.1) is 0 Å². The molecular formula is C11H20Si. The van der Waals surface area contributed by atoms with E-state index in [0.717, 1.165) is 0 Å². The van der Waals surface area contributed by atoms with Crippen LogP contribution in [0.25, 0.3) is 0 Å². The van der Waals surface area contributed by atoms with Gasteiger partial charge in [0.2, 0.25) is 0 Å². The molecule has 1 aliphatic carbocycles. The van der Waals surface area contributed by atoms with Crippen LogP contribution in [0.2, 0.25) is 6.04 Å². The van der Waals surface area contributed by atoms with Gasteiger partial charge >= 0.3 is 0 Å². The van der Waals surface area contributed by atoms with E-state index in [1.54, 1.807) is 5.20 Å². The smallest absolute Gasteiger partial charge is 0.0499 e. The zero-order valence-electron chi connectivity index (χ0n) is 8.18. The average Bonchev–Trinajstić information content (AvgIpc) is 2.57. The largest absolute Gasteiger partial charge is 0.0842 e. The molecule has 1 rings (SSSR count). The third-order valence-corrected chi connectivity index (χ3v) is 4.47. The molecule has 0 saturated carbocycles. The van der Waals surface area contributed by atoms with Crippen LogP contribution in [0, 0.1) is 0 Å². The standard InChI is InChI=1S/C11H20Si/c1-2-3-4-7-10-12-11-8-5-6-9-11/h5-6,8H,2-4,7,9-10,12H2,1H3. The molecule has 0 bridgehead atoms. The van der Waals surface area contributed by atoms with Gasteiger partial charge in [-0.3, -0.25) is 0 Å². The van der Waals surface area contributed by atoms with E-state index in [1.165, 1.54) is 38.1 Å². The van der Waals surface area contributed by atoms with Crippen molar-refractivity contribution in [3.8, 4) is 0 Å². The number of unbranched alkanes of at least 4 members (excludes halogenated alkanes) is 3. The van der Waals surface area contributed by atoms with Gasteiger partial charge in [-0.2, -0.15) is 0 Å². The molecule has 12 heavy (non-hydrogen) atoms. The maximum atomic E-state index is 2.34. The van der Waals surface area contributed by atoms with Crippen LogP contribution >= 0.6 is 0 Å². The molecule has 0 aromatic heterocycles. The first-order valence-corrected chi connectivity index (χ1v) is 6.98. The van der Waals surface area contributed by atoms with E-state index >= 15 is 0 Å². The second-order valence-electron chi connectivity index (χ2n) is 3.62. The molecule has 0 aromatic rings. The molecule has 0 saturated heterocycles. The fourth-order valence-electron chi connectivity index (χ4n) is 1.63. The zero-order chi connectivity index (χ0) is 8.65. The minimum Gasteiger partial charge on any atom is -0.0842 e. The normalized spacial score (nSPS) is 16.2. The maximum absolute atomic E-state index is 2.34. The zero-order valence-corrected chi connectivity index (χ0v) is 9.60. The van der Waals surface area contributed by atoms with Crippen molar-refractivity contribution in [2.75, 3.05) is 0 Å². The van der Waals surface area contributed by atoms with E-state index < -0.39 is 0 Å². The Morgan fingerprint density at radius 1 is 1.33 bits per heavy atom. The molecule has 0 radical (unpaired) electrons. The first-order chi connectivity index (χ1) is 5.93. The Labute approximate surface area is 78.6 Å². The Morgan fingerprint density at radius 3 is 2.92 bits per heavy atom. The highest BCUT2D eigenvalue weighted by molar-refractivity contribution is 6.45. The van der Waals surface area contributed by atoms with Crippen LogP contribution < -0.4 is 0 Å². The molecule has 0 heterocycles. The average molecular weight is 180 g/mol. The predicted octanol–water partition coefficient (Wildman–Crippen LogP) is 3.00. The van der Waals surface area contributed by atoms with Gasteiger partial charge in [-0.1, -0.05) is 62.1 Å². The highest BCUT2D eigenvalue weighted by Gasteiger charge is 1.98. The lowest BCUT2D eigenvalue weighted by Gasteiger charge is -2.00. The molecule has 0 aromatic carbocycles. The van der Waals surface area contributed by atoms with Crippen molar-refractivity contribution in [2.24, 2.45) is 0 Å². The van der Waals surface area contributed by atoms with E-state index in [0.29, 0.717) is 0 Å². The first-order valence-electron chi connectivity index (χ1n) is 5.28. The number of rotatable bonds is 6. The summed E-state index contributed by atoms with van der Waals surface area (Å²) in [7, 11) is 0.158. The lowest BCUT2D eigenvalue weighted by Crippen LogP contribution is -1.93. The highest BCUT2D eigenvalue weighted by atomic mass is 28.2. The van der Waals surface area contributed by atoms with Crippen molar-refractivity contribution in [2.45, 2.75) is 45.1 Å². The van der Waals surface area contributed by atoms with E-state index in [2.05, 4.69) is 25.2 Å². The van der Waals surface area contributed by atoms with Gasteiger partial charge in [0.15, 0.2) is 0 Å². The van der Waals surface area contributed by atoms with Gasteiger partial charge in [0.25, 0.3) is 0 Å². The van der Waals surface area contributed by atoms with Gasteiger partial charge in [0.1, 0.15) is 0 Å². The molecule has 0 N–H and O–H groups in total. The Morgan fingerprint density at radius 2 is 2.25 bits per heavy atom. The lowest BCUT2D eigenvalue weighted by molar-refractivity contribution is 0.700. The summed E-state index contributed by atoms with van der Waals surface area (Å²) in [5, 5.41) is 1.77. The van der Waals surface area contributed by atoms with Crippen LogP contribution in [0.5, 0.6) is 0 Å². The van der Waals surface area contributed by atoms with E-state index in [-0.39, 0.29) is 9.52 Å². The molecule has 0 nitrogen and oxygen atoms in total. The fourth-order valence-corrected chi connectivity index (χ4v) is 3.36. The summed E-state index contributed by atoms with van der Waals surface area (Å²) < 4.78 is 0. The monoisotopic (exact) mass is 180 g/mol. The molecule has 0 unspecified atom stereocenters. The van der Waals surface area contributed by atoms with E-state index in [9.17, 15) is 0 Å². The summed E-state index contributed by atoms with van der Waals surface area (Å²) in [4.78, 5) is 0. The minimum atomic E-state index is 0.158. The molecule has 0 amide bonds. The number of allylic oxidation sites excluding steroid dienone is 4. The Hall–Kier alpha value is -0.303. The molecule has 0 spiro atoms. The molecular weight excluding hydrogens is 160 g/mol. The maximum Gasteiger partial charge on any atom is 0.0499 e. The summed E-state index contributed by atoms with van der Waals surface area (Å²) in [5.41, 5.74) is 0. The number of hydrogen-bond donors (Lipinski definition) is 0. The van der Waals surface area contributed by atoms with Gasteiger partial charge in [0, 0.05) is 9.52 Å². The molecule has 0 atom stereocenters. The second-order valence-corrected chi connectivity index (χ2v) is 5.74. The predicted molar refractivity (Wildman–Crippen MR) is 59.3 cm³/mol. The second kappa shape index (κ2) is 6.24. The minimum absolute atomic E-state index is 0.158. The molecule has 1 heteroatoms. The van der Waals surface area contributed by atoms with Gasteiger partial charge in [-0.25, -0.2) is 0 Å². The van der Waals surface area contributed by atoms with Crippen LogP contribution in [-0.2, 0) is 0 Å². The summed E-state index contributed by atoms with van der Waals surface area (Å²) >= 11 is 0. The van der Waals surface area contributed by atoms with Crippen LogP contribution in [0.3, 0.4) is 0 Å². The van der Waals surface area contributed by atoms with Crippen molar-refractivity contribution in [1.82, 2.24) is 0 Å². The summed E-state index contributed by atoms with van der Waals surface area (Å²) in [6.07, 6.45) is 13.9. The van der Waals surface area contributed by atoms with Crippen molar-refractivity contribution < 1.29 is 0 Å².